The number of hydrogen-bond donors (Lipinski definition) is 0. The molecule has 1 saturated carbocycles. The van der Waals surface area contributed by atoms with E-state index in [0.717, 1.165) is 12.0 Å². The fraction of sp³-hybridized carbons (Fsp3) is 0.250. The van der Waals surface area contributed by atoms with Crippen molar-refractivity contribution < 1.29 is 19.2 Å². The lowest BCUT2D eigenvalue weighted by Gasteiger charge is -2.13. The van der Waals surface area contributed by atoms with Gasteiger partial charge in [-0.1, -0.05) is 48.4 Å². The Hall–Kier alpha value is -2.95. The number of carbonyl (C=O) groups excluding carboxylic acids is 3. The minimum atomic E-state index is -0.583. The predicted octanol–water partition coefficient (Wildman–Crippen LogP) is 3.11. The zero-order chi connectivity index (χ0) is 17.6. The van der Waals surface area contributed by atoms with E-state index in [4.69, 9.17) is 4.84 Å². The zero-order valence-electron chi connectivity index (χ0n) is 13.8. The molecule has 0 unspecified atom stereocenters. The van der Waals surface area contributed by atoms with E-state index in [1.165, 1.54) is 5.56 Å². The van der Waals surface area contributed by atoms with Crippen LogP contribution in [-0.4, -0.2) is 22.8 Å². The maximum absolute atomic E-state index is 12.4. The standard InChI is InChI=1S/C20H17NO4/c1-2-12-7-3-4-8-13(12)16-11-17(16)20(24)25-21-18(22)14-9-5-6-10-15(14)19(21)23/h3-10,16-17H,2,11H2,1H3/t16-,17+/m0/s1. The third kappa shape index (κ3) is 2.52. The van der Waals surface area contributed by atoms with Crippen molar-refractivity contribution in [3.63, 3.8) is 0 Å². The summed E-state index contributed by atoms with van der Waals surface area (Å²) in [6, 6.07) is 14.5. The summed E-state index contributed by atoms with van der Waals surface area (Å²) in [5.74, 6) is -1.90. The molecule has 1 heterocycles. The fourth-order valence-electron chi connectivity index (χ4n) is 3.42. The molecule has 1 aliphatic heterocycles. The molecule has 0 aromatic heterocycles. The van der Waals surface area contributed by atoms with Crippen LogP contribution in [0.4, 0.5) is 0 Å². The van der Waals surface area contributed by atoms with Gasteiger partial charge in [-0.15, -0.1) is 0 Å². The van der Waals surface area contributed by atoms with Crippen molar-refractivity contribution in [2.45, 2.75) is 25.7 Å². The van der Waals surface area contributed by atoms with Crippen LogP contribution in [0.5, 0.6) is 0 Å². The van der Waals surface area contributed by atoms with Crippen LogP contribution in [0.25, 0.3) is 0 Å². The molecule has 1 fully saturated rings. The smallest absolute Gasteiger partial charge is 0.329 e. The third-order valence-electron chi connectivity index (χ3n) is 4.87. The Bertz CT molecular complexity index is 854. The molecule has 0 N–H and O–H groups in total. The maximum atomic E-state index is 12.4. The van der Waals surface area contributed by atoms with Gasteiger partial charge >= 0.3 is 5.97 Å². The number of imide groups is 1. The summed E-state index contributed by atoms with van der Waals surface area (Å²) >= 11 is 0. The number of aryl methyl sites for hydroxylation is 1. The van der Waals surface area contributed by atoms with Crippen LogP contribution in [0.15, 0.2) is 48.5 Å². The molecule has 1 aliphatic carbocycles. The van der Waals surface area contributed by atoms with Gasteiger partial charge in [-0.3, -0.25) is 9.59 Å². The number of nitrogens with zero attached hydrogens (tertiary/aromatic N) is 1. The van der Waals surface area contributed by atoms with Gasteiger partial charge in [0.1, 0.15) is 0 Å². The summed E-state index contributed by atoms with van der Waals surface area (Å²) in [5, 5.41) is 0.591. The van der Waals surface area contributed by atoms with E-state index < -0.39 is 17.8 Å². The highest BCUT2D eigenvalue weighted by Crippen LogP contribution is 2.49. The van der Waals surface area contributed by atoms with Gasteiger partial charge in [-0.05, 0) is 42.0 Å². The lowest BCUT2D eigenvalue weighted by atomic mass is 10.0. The summed E-state index contributed by atoms with van der Waals surface area (Å²) in [4.78, 5) is 42.1. The van der Waals surface area contributed by atoms with E-state index in [2.05, 4.69) is 13.0 Å². The van der Waals surface area contributed by atoms with Crippen LogP contribution in [0, 0.1) is 5.92 Å². The molecule has 2 atom stereocenters. The van der Waals surface area contributed by atoms with Gasteiger partial charge in [0.25, 0.3) is 11.8 Å². The lowest BCUT2D eigenvalue weighted by molar-refractivity contribution is -0.170. The number of amides is 2. The zero-order valence-corrected chi connectivity index (χ0v) is 13.8. The van der Waals surface area contributed by atoms with E-state index in [0.29, 0.717) is 11.5 Å². The van der Waals surface area contributed by atoms with E-state index in [-0.39, 0.29) is 23.0 Å². The Morgan fingerprint density at radius 3 is 2.28 bits per heavy atom. The number of benzene rings is 2. The minimum absolute atomic E-state index is 0.0961. The Morgan fingerprint density at radius 1 is 1.04 bits per heavy atom. The van der Waals surface area contributed by atoms with Gasteiger partial charge in [0, 0.05) is 0 Å². The Balaban J connectivity index is 1.48. The van der Waals surface area contributed by atoms with Crippen molar-refractivity contribution in [1.82, 2.24) is 5.06 Å². The second-order valence-electron chi connectivity index (χ2n) is 6.36. The second-order valence-corrected chi connectivity index (χ2v) is 6.36. The topological polar surface area (TPSA) is 63.7 Å². The summed E-state index contributed by atoms with van der Waals surface area (Å²) in [7, 11) is 0. The van der Waals surface area contributed by atoms with Crippen LogP contribution in [0.1, 0.15) is 51.1 Å². The van der Waals surface area contributed by atoms with Gasteiger partial charge in [0.15, 0.2) is 0 Å². The maximum Gasteiger partial charge on any atom is 0.336 e. The molecular formula is C20H17NO4. The molecule has 0 bridgehead atoms. The summed E-state index contributed by atoms with van der Waals surface area (Å²) in [6.07, 6.45) is 1.58. The molecule has 126 valence electrons. The van der Waals surface area contributed by atoms with Gasteiger partial charge in [-0.25, -0.2) is 4.79 Å². The molecule has 0 saturated heterocycles. The molecule has 0 radical (unpaired) electrons. The van der Waals surface area contributed by atoms with Crippen LogP contribution < -0.4 is 0 Å². The number of carbonyl (C=O) groups is 3. The Kier molecular flexibility index (Phi) is 3.64. The molecule has 2 aromatic carbocycles. The molecule has 4 rings (SSSR count). The van der Waals surface area contributed by atoms with Crippen molar-refractivity contribution in [3.8, 4) is 0 Å². The highest BCUT2D eigenvalue weighted by Gasteiger charge is 2.48. The predicted molar refractivity (Wildman–Crippen MR) is 89.7 cm³/mol. The van der Waals surface area contributed by atoms with E-state index in [1.54, 1.807) is 24.3 Å². The fourth-order valence-corrected chi connectivity index (χ4v) is 3.42. The normalized spacial score (nSPS) is 21.2. The Labute approximate surface area is 145 Å². The van der Waals surface area contributed by atoms with Crippen molar-refractivity contribution in [1.29, 1.82) is 0 Å². The van der Waals surface area contributed by atoms with E-state index in [9.17, 15) is 14.4 Å². The molecule has 5 nitrogen and oxygen atoms in total. The van der Waals surface area contributed by atoms with Gasteiger partial charge in [0.05, 0.1) is 17.0 Å². The first-order valence-electron chi connectivity index (χ1n) is 8.39. The molecule has 25 heavy (non-hydrogen) atoms. The molecular weight excluding hydrogens is 318 g/mol. The SMILES string of the molecule is CCc1ccccc1[C@@H]1C[C@H]1C(=O)ON1C(=O)c2ccccc2C1=O. The molecule has 2 aromatic rings. The van der Waals surface area contributed by atoms with Crippen molar-refractivity contribution in [2.24, 2.45) is 5.92 Å². The third-order valence-corrected chi connectivity index (χ3v) is 4.87. The summed E-state index contributed by atoms with van der Waals surface area (Å²) in [5.41, 5.74) is 2.89. The minimum Gasteiger partial charge on any atom is -0.329 e. The van der Waals surface area contributed by atoms with Gasteiger partial charge < -0.3 is 4.84 Å². The van der Waals surface area contributed by atoms with Crippen LogP contribution >= 0.6 is 0 Å². The van der Waals surface area contributed by atoms with Crippen molar-refractivity contribution in [3.05, 3.63) is 70.8 Å². The first-order chi connectivity index (χ1) is 12.1. The highest BCUT2D eigenvalue weighted by atomic mass is 16.7. The second kappa shape index (κ2) is 5.84. The first-order valence-corrected chi connectivity index (χ1v) is 8.39. The monoisotopic (exact) mass is 335 g/mol. The molecule has 5 heteroatoms. The number of hydrogen-bond acceptors (Lipinski definition) is 4. The molecule has 2 aliphatic rings. The quantitative estimate of drug-likeness (QED) is 0.806. The largest absolute Gasteiger partial charge is 0.336 e. The lowest BCUT2D eigenvalue weighted by Crippen LogP contribution is -2.33. The van der Waals surface area contributed by atoms with E-state index in [1.807, 2.05) is 18.2 Å². The van der Waals surface area contributed by atoms with E-state index >= 15 is 0 Å². The Morgan fingerprint density at radius 2 is 1.64 bits per heavy atom. The highest BCUT2D eigenvalue weighted by molar-refractivity contribution is 6.20. The average molecular weight is 335 g/mol. The van der Waals surface area contributed by atoms with Crippen molar-refractivity contribution >= 4 is 17.8 Å². The average Bonchev–Trinajstić information content (AvgIpc) is 3.41. The molecule has 2 amide bonds. The molecule has 0 spiro atoms. The number of hydroxylamine groups is 2. The number of fused-ring (bicyclic) bond motifs is 1. The number of rotatable bonds is 4. The van der Waals surface area contributed by atoms with Crippen molar-refractivity contribution in [2.75, 3.05) is 0 Å². The summed E-state index contributed by atoms with van der Waals surface area (Å²) < 4.78 is 0. The summed E-state index contributed by atoms with van der Waals surface area (Å²) in [6.45, 7) is 2.08. The van der Waals surface area contributed by atoms with Crippen LogP contribution in [0.2, 0.25) is 0 Å². The van der Waals surface area contributed by atoms with Gasteiger partial charge in [-0.2, -0.15) is 0 Å². The van der Waals surface area contributed by atoms with Gasteiger partial charge in [0.2, 0.25) is 0 Å². The van der Waals surface area contributed by atoms with Crippen LogP contribution in [-0.2, 0) is 16.1 Å². The van der Waals surface area contributed by atoms with Crippen LogP contribution in [0.3, 0.4) is 0 Å². The first kappa shape index (κ1) is 15.6.